The van der Waals surface area contributed by atoms with Gasteiger partial charge in [-0.25, -0.2) is 14.6 Å². The zero-order valence-corrected chi connectivity index (χ0v) is 17.7. The largest absolute Gasteiger partial charge is 0.478 e. The highest BCUT2D eigenvalue weighted by atomic mass is 17.3. The van der Waals surface area contributed by atoms with E-state index >= 15 is 0 Å². The molecule has 1 saturated carbocycles. The number of carboxylic acid groups (broad SMARTS) is 1. The number of benzene rings is 1. The molecule has 7 heteroatoms. The summed E-state index contributed by atoms with van der Waals surface area (Å²) in [6.07, 6.45) is 3.01. The standard InChI is InChI=1S/C23H30O7/c1-13-4-9-18-14(2)20(26-12-15-5-7-16(8-6-15)19(24)25)27-21-23(18)17(13)10-11-22(3,28-21)29-30-23/h5-8,13-14,17-18,20-21H,4,9-12H2,1-3H3,(H,24,25)/t13-,14-,17+,18+,20+,21-,22+,23-/m1/s1. The lowest BCUT2D eigenvalue weighted by Gasteiger charge is -2.60. The maximum atomic E-state index is 11.0. The summed E-state index contributed by atoms with van der Waals surface area (Å²) >= 11 is 0. The molecule has 164 valence electrons. The summed E-state index contributed by atoms with van der Waals surface area (Å²) in [7, 11) is 0. The Kier molecular flexibility index (Phi) is 4.95. The van der Waals surface area contributed by atoms with Crippen LogP contribution < -0.4 is 0 Å². The summed E-state index contributed by atoms with van der Waals surface area (Å²) in [6.45, 7) is 6.71. The molecule has 0 aromatic heterocycles. The van der Waals surface area contributed by atoms with E-state index in [1.807, 2.05) is 6.92 Å². The van der Waals surface area contributed by atoms with Gasteiger partial charge in [0.25, 0.3) is 0 Å². The van der Waals surface area contributed by atoms with Crippen molar-refractivity contribution in [3.8, 4) is 0 Å². The lowest BCUT2D eigenvalue weighted by Crippen LogP contribution is -2.70. The summed E-state index contributed by atoms with van der Waals surface area (Å²) in [6, 6.07) is 6.74. The topological polar surface area (TPSA) is 83.5 Å². The van der Waals surface area contributed by atoms with Crippen LogP contribution in [0.1, 0.15) is 62.4 Å². The van der Waals surface area contributed by atoms with Gasteiger partial charge < -0.3 is 19.3 Å². The molecule has 7 nitrogen and oxygen atoms in total. The fourth-order valence-corrected chi connectivity index (χ4v) is 5.98. The van der Waals surface area contributed by atoms with Gasteiger partial charge in [0.15, 0.2) is 18.2 Å². The minimum absolute atomic E-state index is 0.115. The third-order valence-electron chi connectivity index (χ3n) is 7.71. The predicted molar refractivity (Wildman–Crippen MR) is 105 cm³/mol. The van der Waals surface area contributed by atoms with E-state index in [2.05, 4.69) is 13.8 Å². The molecule has 2 bridgehead atoms. The first-order valence-corrected chi connectivity index (χ1v) is 11.0. The van der Waals surface area contributed by atoms with Crippen molar-refractivity contribution < 1.29 is 33.9 Å². The van der Waals surface area contributed by atoms with Crippen LogP contribution in [0.3, 0.4) is 0 Å². The molecule has 4 saturated heterocycles. The van der Waals surface area contributed by atoms with Gasteiger partial charge in [0.2, 0.25) is 5.79 Å². The third kappa shape index (κ3) is 3.10. The van der Waals surface area contributed by atoms with Crippen molar-refractivity contribution in [3.05, 3.63) is 35.4 Å². The highest BCUT2D eigenvalue weighted by Gasteiger charge is 2.69. The van der Waals surface area contributed by atoms with Gasteiger partial charge in [0, 0.05) is 18.3 Å². The normalized spacial score (nSPS) is 44.9. The number of ether oxygens (including phenoxy) is 3. The van der Waals surface area contributed by atoms with E-state index < -0.39 is 29.9 Å². The van der Waals surface area contributed by atoms with E-state index in [9.17, 15) is 4.79 Å². The molecule has 1 aliphatic carbocycles. The van der Waals surface area contributed by atoms with E-state index in [1.165, 1.54) is 0 Å². The molecule has 1 aromatic rings. The van der Waals surface area contributed by atoms with Crippen molar-refractivity contribution in [2.75, 3.05) is 0 Å². The molecule has 1 aromatic carbocycles. The van der Waals surface area contributed by atoms with Gasteiger partial charge in [0.1, 0.15) is 0 Å². The Bertz CT molecular complexity index is 810. The lowest BCUT2D eigenvalue weighted by atomic mass is 9.58. The van der Waals surface area contributed by atoms with Crippen molar-refractivity contribution in [2.24, 2.45) is 23.7 Å². The van der Waals surface area contributed by atoms with Crippen LogP contribution in [-0.2, 0) is 30.6 Å². The first kappa shape index (κ1) is 20.4. The number of carboxylic acids is 1. The molecule has 4 heterocycles. The Hall–Kier alpha value is -1.51. The van der Waals surface area contributed by atoms with Crippen LogP contribution in [0.4, 0.5) is 0 Å². The molecule has 1 N–H and O–H groups in total. The Labute approximate surface area is 176 Å². The van der Waals surface area contributed by atoms with E-state index in [4.69, 9.17) is 29.1 Å². The zero-order chi connectivity index (χ0) is 21.1. The highest BCUT2D eigenvalue weighted by Crippen LogP contribution is 2.60. The van der Waals surface area contributed by atoms with Gasteiger partial charge in [0.05, 0.1) is 12.2 Å². The first-order valence-electron chi connectivity index (χ1n) is 11.0. The van der Waals surface area contributed by atoms with Gasteiger partial charge in [-0.3, -0.25) is 0 Å². The van der Waals surface area contributed by atoms with Crippen LogP contribution in [0, 0.1) is 23.7 Å². The Balaban J connectivity index is 1.37. The molecule has 6 rings (SSSR count). The fraction of sp³-hybridized carbons (Fsp3) is 0.696. The Morgan fingerprint density at radius 2 is 1.90 bits per heavy atom. The van der Waals surface area contributed by atoms with E-state index in [-0.39, 0.29) is 17.4 Å². The minimum Gasteiger partial charge on any atom is -0.478 e. The predicted octanol–water partition coefficient (Wildman–Crippen LogP) is 4.11. The van der Waals surface area contributed by atoms with Crippen molar-refractivity contribution >= 4 is 5.97 Å². The molecule has 1 spiro atoms. The molecule has 0 amide bonds. The molecule has 8 atom stereocenters. The average molecular weight is 418 g/mol. The van der Waals surface area contributed by atoms with Crippen LogP contribution >= 0.6 is 0 Å². The summed E-state index contributed by atoms with van der Waals surface area (Å²) in [5.74, 6) is -0.539. The molecular weight excluding hydrogens is 388 g/mol. The van der Waals surface area contributed by atoms with Gasteiger partial charge >= 0.3 is 5.97 Å². The van der Waals surface area contributed by atoms with Gasteiger partial charge in [-0.15, -0.1) is 0 Å². The summed E-state index contributed by atoms with van der Waals surface area (Å²) in [5.41, 5.74) is 0.579. The maximum Gasteiger partial charge on any atom is 0.335 e. The van der Waals surface area contributed by atoms with Crippen LogP contribution in [0.15, 0.2) is 24.3 Å². The first-order chi connectivity index (χ1) is 14.3. The number of fused-ring (bicyclic) bond motifs is 2. The van der Waals surface area contributed by atoms with Crippen molar-refractivity contribution in [1.29, 1.82) is 0 Å². The average Bonchev–Trinajstić information content (AvgIpc) is 2.96. The van der Waals surface area contributed by atoms with E-state index in [1.54, 1.807) is 24.3 Å². The van der Waals surface area contributed by atoms with E-state index in [0.717, 1.165) is 31.2 Å². The summed E-state index contributed by atoms with van der Waals surface area (Å²) in [4.78, 5) is 23.0. The van der Waals surface area contributed by atoms with Crippen molar-refractivity contribution in [1.82, 2.24) is 0 Å². The smallest absolute Gasteiger partial charge is 0.335 e. The molecule has 4 aliphatic heterocycles. The molecular formula is C23H30O7. The second-order valence-corrected chi connectivity index (χ2v) is 9.59. The molecule has 0 radical (unpaired) electrons. The van der Waals surface area contributed by atoms with Crippen LogP contribution in [-0.4, -0.2) is 35.0 Å². The second-order valence-electron chi connectivity index (χ2n) is 9.59. The number of rotatable bonds is 4. The quantitative estimate of drug-likeness (QED) is 0.737. The molecule has 0 unspecified atom stereocenters. The monoisotopic (exact) mass is 418 g/mol. The molecule has 30 heavy (non-hydrogen) atoms. The van der Waals surface area contributed by atoms with Crippen molar-refractivity contribution in [3.63, 3.8) is 0 Å². The lowest BCUT2D eigenvalue weighted by molar-refractivity contribution is -0.577. The number of hydrogen-bond acceptors (Lipinski definition) is 6. The fourth-order valence-electron chi connectivity index (χ4n) is 5.98. The van der Waals surface area contributed by atoms with Crippen LogP contribution in [0.25, 0.3) is 0 Å². The number of hydrogen-bond donors (Lipinski definition) is 1. The van der Waals surface area contributed by atoms with Crippen molar-refractivity contribution in [2.45, 2.75) is 77.0 Å². The van der Waals surface area contributed by atoms with Gasteiger partial charge in [-0.2, -0.15) is 0 Å². The maximum absolute atomic E-state index is 11.0. The number of carbonyl (C=O) groups is 1. The minimum atomic E-state index is -0.936. The third-order valence-corrected chi connectivity index (χ3v) is 7.71. The Morgan fingerprint density at radius 1 is 1.13 bits per heavy atom. The highest BCUT2D eigenvalue weighted by molar-refractivity contribution is 5.87. The van der Waals surface area contributed by atoms with E-state index in [0.29, 0.717) is 18.4 Å². The number of aromatic carboxylic acids is 1. The SMILES string of the molecule is C[C@H]1[C@@H](OCc2ccc(C(=O)O)cc2)O[C@@H]2O[C@]3(C)CC[C@H]4[C@H](C)CC[C@@H]1[C@@]24OO3. The van der Waals surface area contributed by atoms with Gasteiger partial charge in [-0.1, -0.05) is 26.0 Å². The van der Waals surface area contributed by atoms with Crippen LogP contribution in [0.5, 0.6) is 0 Å². The zero-order valence-electron chi connectivity index (χ0n) is 17.7. The molecule has 5 aliphatic rings. The summed E-state index contributed by atoms with van der Waals surface area (Å²) in [5, 5.41) is 9.06. The summed E-state index contributed by atoms with van der Waals surface area (Å²) < 4.78 is 18.9. The second kappa shape index (κ2) is 7.28. The van der Waals surface area contributed by atoms with Gasteiger partial charge in [-0.05, 0) is 55.7 Å². The van der Waals surface area contributed by atoms with Crippen LogP contribution in [0.2, 0.25) is 0 Å². The molecule has 5 fully saturated rings. The Morgan fingerprint density at radius 3 is 2.63 bits per heavy atom.